The first kappa shape index (κ1) is 48.2. The van der Waals surface area contributed by atoms with E-state index in [0.717, 1.165) is 30.3 Å². The SMILES string of the molecule is Nc1c(N=Nc2ccc([N+](=O)[O-])cc2)c(S(=O)(=O)[O-])cc2cc(S(=O)(=O)[O-])c(N=Nc3ccc(NS(=O)(=O)c4ccc(N=Nc5ccc(O)cc5O)cc4)cc3)c(O)c12.[Na+].[Na+]. The molecule has 6 N–H and O–H groups in total. The van der Waals surface area contributed by atoms with Gasteiger partial charge in [-0.15, -0.1) is 15.3 Å². The molecule has 61 heavy (non-hydrogen) atoms. The molecule has 0 spiro atoms. The molecule has 0 heterocycles. The molecule has 0 saturated heterocycles. The van der Waals surface area contributed by atoms with Crippen LogP contribution in [0.2, 0.25) is 0 Å². The van der Waals surface area contributed by atoms with Crippen molar-refractivity contribution in [2.75, 3.05) is 10.5 Å². The molecule has 6 aromatic carbocycles. The Morgan fingerprint density at radius 1 is 0.607 bits per heavy atom. The van der Waals surface area contributed by atoms with Gasteiger partial charge in [-0.3, -0.25) is 14.8 Å². The van der Waals surface area contributed by atoms with Crippen molar-refractivity contribution in [3.63, 3.8) is 0 Å². The van der Waals surface area contributed by atoms with E-state index in [2.05, 4.69) is 35.4 Å². The molecule has 0 aromatic heterocycles. The zero-order valence-corrected chi connectivity index (χ0v) is 37.6. The van der Waals surface area contributed by atoms with Crippen LogP contribution in [0.5, 0.6) is 17.2 Å². The monoisotopic (exact) mass is 907 g/mol. The van der Waals surface area contributed by atoms with Gasteiger partial charge in [0.15, 0.2) is 5.75 Å². The van der Waals surface area contributed by atoms with Crippen LogP contribution in [0.4, 0.5) is 51.2 Å². The Hall–Kier alpha value is -5.45. The van der Waals surface area contributed by atoms with Crippen LogP contribution in [0, 0.1) is 10.1 Å². The maximum absolute atomic E-state index is 13.0. The van der Waals surface area contributed by atoms with Gasteiger partial charge in [0.1, 0.15) is 48.8 Å². The summed E-state index contributed by atoms with van der Waals surface area (Å²) in [7, 11) is -15.1. The molecular formula is C34H23N9Na2O13S3. The average molecular weight is 908 g/mol. The molecule has 6 aromatic rings. The maximum Gasteiger partial charge on any atom is 1.00 e. The number of nitrogens with zero attached hydrogens (tertiary/aromatic N) is 7. The van der Waals surface area contributed by atoms with Crippen molar-refractivity contribution in [3.8, 4) is 17.2 Å². The molecule has 0 atom stereocenters. The van der Waals surface area contributed by atoms with Crippen LogP contribution in [-0.4, -0.2) is 54.6 Å². The second kappa shape index (κ2) is 19.1. The van der Waals surface area contributed by atoms with Crippen LogP contribution in [0.1, 0.15) is 0 Å². The quantitative estimate of drug-likeness (QED) is 0.0289. The fourth-order valence-electron chi connectivity index (χ4n) is 5.16. The second-order valence-corrected chi connectivity index (χ2v) is 16.3. The Bertz CT molecular complexity index is 3100. The van der Waals surface area contributed by atoms with Gasteiger partial charge >= 0.3 is 59.1 Å². The Morgan fingerprint density at radius 2 is 1.08 bits per heavy atom. The Labute approximate surface area is 388 Å². The van der Waals surface area contributed by atoms with Gasteiger partial charge in [-0.1, -0.05) is 0 Å². The number of anilines is 2. The number of nitro benzene ring substituents is 1. The zero-order valence-electron chi connectivity index (χ0n) is 31.2. The van der Waals surface area contributed by atoms with Crippen molar-refractivity contribution in [1.29, 1.82) is 0 Å². The van der Waals surface area contributed by atoms with E-state index in [1.165, 1.54) is 60.7 Å². The topological polar surface area (TPSA) is 365 Å². The summed E-state index contributed by atoms with van der Waals surface area (Å²) in [6, 6.07) is 19.5. The molecular weight excluding hydrogens is 885 g/mol. The number of aromatic hydroxyl groups is 3. The number of nitrogen functional groups attached to an aromatic ring is 1. The summed E-state index contributed by atoms with van der Waals surface area (Å²) in [4.78, 5) is 7.81. The summed E-state index contributed by atoms with van der Waals surface area (Å²) < 4.78 is 102. The predicted octanol–water partition coefficient (Wildman–Crippen LogP) is 1.31. The summed E-state index contributed by atoms with van der Waals surface area (Å²) in [6.45, 7) is 0. The number of nitrogens with one attached hydrogen (secondary N) is 1. The first-order valence-corrected chi connectivity index (χ1v) is 20.3. The van der Waals surface area contributed by atoms with Gasteiger partial charge in [0, 0.05) is 23.9 Å². The second-order valence-electron chi connectivity index (χ2n) is 11.9. The van der Waals surface area contributed by atoms with Gasteiger partial charge in [-0.25, -0.2) is 25.3 Å². The maximum atomic E-state index is 13.0. The summed E-state index contributed by atoms with van der Waals surface area (Å²) >= 11 is 0. The molecule has 0 aliphatic rings. The number of sulfonamides is 1. The van der Waals surface area contributed by atoms with Crippen molar-refractivity contribution in [2.45, 2.75) is 14.7 Å². The van der Waals surface area contributed by atoms with Crippen LogP contribution in [-0.2, 0) is 30.3 Å². The number of fused-ring (bicyclic) bond motifs is 1. The van der Waals surface area contributed by atoms with Gasteiger partial charge in [0.2, 0.25) is 0 Å². The molecule has 0 fully saturated rings. The molecule has 22 nitrogen and oxygen atoms in total. The fourth-order valence-corrected chi connectivity index (χ4v) is 7.52. The molecule has 0 unspecified atom stereocenters. The normalized spacial score (nSPS) is 12.1. The third-order valence-corrected chi connectivity index (χ3v) is 11.0. The van der Waals surface area contributed by atoms with E-state index in [1.807, 2.05) is 0 Å². The van der Waals surface area contributed by atoms with E-state index < -0.39 is 78.6 Å². The van der Waals surface area contributed by atoms with Gasteiger partial charge in [-0.2, -0.15) is 15.3 Å². The van der Waals surface area contributed by atoms with E-state index in [1.54, 1.807) is 0 Å². The number of azo groups is 3. The van der Waals surface area contributed by atoms with Gasteiger partial charge < -0.3 is 30.2 Å². The number of hydrogen-bond acceptors (Lipinski definition) is 20. The summed E-state index contributed by atoms with van der Waals surface area (Å²) in [6.07, 6.45) is 0. The Morgan fingerprint density at radius 3 is 1.59 bits per heavy atom. The first-order chi connectivity index (χ1) is 27.7. The number of phenolic OH excluding ortho intramolecular Hbond substituents is 3. The van der Waals surface area contributed by atoms with E-state index in [0.29, 0.717) is 12.1 Å². The number of rotatable bonds is 12. The van der Waals surface area contributed by atoms with E-state index in [-0.39, 0.29) is 110 Å². The number of phenols is 3. The van der Waals surface area contributed by atoms with Crippen molar-refractivity contribution >= 4 is 92.2 Å². The van der Waals surface area contributed by atoms with Crippen molar-refractivity contribution in [2.24, 2.45) is 30.7 Å². The largest absolute Gasteiger partial charge is 1.00 e. The van der Waals surface area contributed by atoms with Crippen LogP contribution < -0.4 is 69.6 Å². The summed E-state index contributed by atoms with van der Waals surface area (Å²) in [5, 5.41) is 63.3. The Balaban J connectivity index is 0.00000410. The van der Waals surface area contributed by atoms with E-state index in [9.17, 15) is 59.8 Å². The minimum absolute atomic E-state index is 0. The van der Waals surface area contributed by atoms with E-state index >= 15 is 0 Å². The number of nitro groups is 1. The smallest absolute Gasteiger partial charge is 0.744 e. The van der Waals surface area contributed by atoms with Crippen LogP contribution in [0.3, 0.4) is 0 Å². The number of hydrogen-bond donors (Lipinski definition) is 5. The molecule has 0 saturated carbocycles. The number of benzene rings is 6. The average Bonchev–Trinajstić information content (AvgIpc) is 3.16. The third-order valence-electron chi connectivity index (χ3n) is 7.94. The molecule has 0 aliphatic carbocycles. The predicted molar refractivity (Wildman–Crippen MR) is 205 cm³/mol. The van der Waals surface area contributed by atoms with Crippen molar-refractivity contribution < 1.29 is 114 Å². The minimum atomic E-state index is -5.48. The number of nitrogens with two attached hydrogens (primary N) is 1. The van der Waals surface area contributed by atoms with Gasteiger partial charge in [0.25, 0.3) is 15.7 Å². The zero-order chi connectivity index (χ0) is 42.9. The molecule has 27 heteroatoms. The van der Waals surface area contributed by atoms with Crippen LogP contribution in [0.15, 0.2) is 149 Å². The van der Waals surface area contributed by atoms with Gasteiger partial charge in [0.05, 0.1) is 47.7 Å². The third kappa shape index (κ3) is 11.3. The molecule has 0 amide bonds. The van der Waals surface area contributed by atoms with Crippen molar-refractivity contribution in [1.82, 2.24) is 0 Å². The molecule has 302 valence electrons. The Kier molecular flexibility index (Phi) is 15.1. The molecule has 6 rings (SSSR count). The summed E-state index contributed by atoms with van der Waals surface area (Å²) in [5.74, 6) is -1.59. The fraction of sp³-hybridized carbons (Fsp3) is 0. The van der Waals surface area contributed by atoms with E-state index in [4.69, 9.17) is 5.73 Å². The first-order valence-electron chi connectivity index (χ1n) is 16.0. The molecule has 0 radical (unpaired) electrons. The molecule has 0 aliphatic heterocycles. The van der Waals surface area contributed by atoms with Crippen molar-refractivity contribution in [3.05, 3.63) is 113 Å². The molecule has 0 bridgehead atoms. The van der Waals surface area contributed by atoms with Gasteiger partial charge in [-0.05, 0) is 90.3 Å². The number of non-ortho nitro benzene ring substituents is 1. The van der Waals surface area contributed by atoms with Crippen LogP contribution in [0.25, 0.3) is 10.8 Å². The van der Waals surface area contributed by atoms with Crippen LogP contribution >= 0.6 is 0 Å². The standard InChI is InChI=1S/C34H25N9O13S3.2Na/c35-31-30-18(15-28(58(51,52)53)32(31)40-37-20-5-9-23(10-6-20)43(47)48)16-29(59(54,55)56)33(34(30)46)41-38-19-1-3-22(4-2-19)42-57(49,50)25-12-7-21(8-13-25)36-39-26-14-11-24(44)17-27(26)45;;/h1-17,42,44-46H,35H2,(H,51,52,53)(H,54,55,56);;/q;2*+1/p-2. The summed E-state index contributed by atoms with van der Waals surface area (Å²) in [5.41, 5.74) is 3.66. The minimum Gasteiger partial charge on any atom is -0.744 e.